The summed E-state index contributed by atoms with van der Waals surface area (Å²) in [6.07, 6.45) is 5.16. The van der Waals surface area contributed by atoms with E-state index in [2.05, 4.69) is 17.6 Å². The number of benzene rings is 1. The molecule has 1 aromatic carbocycles. The van der Waals surface area contributed by atoms with Gasteiger partial charge in [0.1, 0.15) is 0 Å². The third-order valence-electron chi connectivity index (χ3n) is 3.97. The fourth-order valence-electron chi connectivity index (χ4n) is 2.79. The number of amides is 1. The number of carbonyl (C=O) groups excluding carboxylic acids is 1. The van der Waals surface area contributed by atoms with Gasteiger partial charge in [-0.25, -0.2) is 0 Å². The van der Waals surface area contributed by atoms with Crippen molar-refractivity contribution in [2.75, 3.05) is 11.9 Å². The Labute approximate surface area is 115 Å². The largest absolute Gasteiger partial charge is 0.382 e. The fourth-order valence-corrected chi connectivity index (χ4v) is 2.79. The van der Waals surface area contributed by atoms with E-state index in [4.69, 9.17) is 0 Å². The van der Waals surface area contributed by atoms with E-state index >= 15 is 0 Å². The maximum atomic E-state index is 11.7. The number of anilines is 1. The molecule has 0 heterocycles. The van der Waals surface area contributed by atoms with Crippen molar-refractivity contribution in [2.45, 2.75) is 45.6 Å². The molecule has 2 N–H and O–H groups in total. The summed E-state index contributed by atoms with van der Waals surface area (Å²) in [6, 6.07) is 8.38. The smallest absolute Gasteiger partial charge is 0.251 e. The van der Waals surface area contributed by atoms with Crippen molar-refractivity contribution in [2.24, 2.45) is 5.92 Å². The maximum absolute atomic E-state index is 11.7. The molecule has 1 aromatic rings. The molecule has 0 radical (unpaired) electrons. The van der Waals surface area contributed by atoms with Gasteiger partial charge in [-0.05, 0) is 56.4 Å². The number of hydrogen-bond acceptors (Lipinski definition) is 2. The monoisotopic (exact) mass is 260 g/mol. The summed E-state index contributed by atoms with van der Waals surface area (Å²) in [5.41, 5.74) is 1.85. The van der Waals surface area contributed by atoms with E-state index in [0.29, 0.717) is 12.6 Å². The van der Waals surface area contributed by atoms with Gasteiger partial charge in [0, 0.05) is 23.8 Å². The molecule has 2 unspecified atom stereocenters. The first kappa shape index (κ1) is 13.9. The molecule has 0 bridgehead atoms. The predicted molar refractivity (Wildman–Crippen MR) is 79.5 cm³/mol. The summed E-state index contributed by atoms with van der Waals surface area (Å²) in [7, 11) is 0. The van der Waals surface area contributed by atoms with Crippen LogP contribution in [-0.4, -0.2) is 18.5 Å². The van der Waals surface area contributed by atoms with Crippen LogP contribution in [0.2, 0.25) is 0 Å². The molecular weight excluding hydrogens is 236 g/mol. The van der Waals surface area contributed by atoms with Gasteiger partial charge in [0.2, 0.25) is 0 Å². The second-order valence-corrected chi connectivity index (χ2v) is 5.37. The molecule has 2 atom stereocenters. The first-order valence-electron chi connectivity index (χ1n) is 7.37. The molecule has 3 nitrogen and oxygen atoms in total. The molecule has 104 valence electrons. The van der Waals surface area contributed by atoms with Crippen LogP contribution < -0.4 is 10.6 Å². The van der Waals surface area contributed by atoms with Crippen molar-refractivity contribution in [1.29, 1.82) is 0 Å². The number of rotatable bonds is 5. The van der Waals surface area contributed by atoms with Crippen LogP contribution >= 0.6 is 0 Å². The summed E-state index contributed by atoms with van der Waals surface area (Å²) < 4.78 is 0. The highest BCUT2D eigenvalue weighted by Gasteiger charge is 2.22. The Balaban J connectivity index is 1.90. The van der Waals surface area contributed by atoms with Crippen molar-refractivity contribution in [3.8, 4) is 0 Å². The van der Waals surface area contributed by atoms with E-state index in [1.807, 2.05) is 31.2 Å². The number of nitrogens with one attached hydrogen (secondary N) is 2. The molecule has 0 aliphatic heterocycles. The normalized spacial score (nSPS) is 22.2. The van der Waals surface area contributed by atoms with E-state index in [-0.39, 0.29) is 5.91 Å². The summed E-state index contributed by atoms with van der Waals surface area (Å²) in [5.74, 6) is 0.882. The predicted octanol–water partition coefficient (Wildman–Crippen LogP) is 3.43. The minimum absolute atomic E-state index is 0.000892. The second-order valence-electron chi connectivity index (χ2n) is 5.37. The highest BCUT2D eigenvalue weighted by Crippen LogP contribution is 2.30. The Morgan fingerprint density at radius 2 is 1.95 bits per heavy atom. The molecule has 0 spiro atoms. The zero-order valence-electron chi connectivity index (χ0n) is 11.9. The van der Waals surface area contributed by atoms with Gasteiger partial charge >= 0.3 is 0 Å². The van der Waals surface area contributed by atoms with Crippen molar-refractivity contribution in [3.05, 3.63) is 29.8 Å². The van der Waals surface area contributed by atoms with Crippen molar-refractivity contribution >= 4 is 11.6 Å². The summed E-state index contributed by atoms with van der Waals surface area (Å²) in [5, 5.41) is 6.38. The van der Waals surface area contributed by atoms with E-state index in [9.17, 15) is 4.79 Å². The zero-order valence-corrected chi connectivity index (χ0v) is 11.9. The van der Waals surface area contributed by atoms with Gasteiger partial charge in [0.15, 0.2) is 0 Å². The molecule has 1 saturated carbocycles. The van der Waals surface area contributed by atoms with Gasteiger partial charge < -0.3 is 10.6 Å². The Morgan fingerprint density at radius 3 is 2.53 bits per heavy atom. The molecule has 1 amide bonds. The molecule has 19 heavy (non-hydrogen) atoms. The zero-order chi connectivity index (χ0) is 13.7. The lowest BCUT2D eigenvalue weighted by Gasteiger charge is -2.14. The third-order valence-corrected chi connectivity index (χ3v) is 3.97. The standard InChI is InChI=1S/C16H24N2O/c1-3-12-5-8-15(11-12)18-14-9-6-13(7-10-14)16(19)17-4-2/h6-7,9-10,12,15,18H,3-5,8,11H2,1-2H3,(H,17,19). The summed E-state index contributed by atoms with van der Waals surface area (Å²) in [4.78, 5) is 11.7. The lowest BCUT2D eigenvalue weighted by molar-refractivity contribution is 0.0956. The fraction of sp³-hybridized carbons (Fsp3) is 0.562. The van der Waals surface area contributed by atoms with E-state index in [1.165, 1.54) is 25.7 Å². The van der Waals surface area contributed by atoms with E-state index in [0.717, 1.165) is 17.2 Å². The van der Waals surface area contributed by atoms with Crippen molar-refractivity contribution in [1.82, 2.24) is 5.32 Å². The second kappa shape index (κ2) is 6.60. The van der Waals surface area contributed by atoms with Crippen molar-refractivity contribution in [3.63, 3.8) is 0 Å². The topological polar surface area (TPSA) is 41.1 Å². The molecule has 1 aliphatic rings. The maximum Gasteiger partial charge on any atom is 0.251 e. The highest BCUT2D eigenvalue weighted by molar-refractivity contribution is 5.94. The Bertz CT molecular complexity index is 413. The van der Waals surface area contributed by atoms with Gasteiger partial charge in [0.25, 0.3) is 5.91 Å². The van der Waals surface area contributed by atoms with Gasteiger partial charge in [-0.15, -0.1) is 0 Å². The lowest BCUT2D eigenvalue weighted by Crippen LogP contribution is -2.22. The van der Waals surface area contributed by atoms with Crippen LogP contribution in [0.3, 0.4) is 0 Å². The van der Waals surface area contributed by atoms with Crippen molar-refractivity contribution < 1.29 is 4.79 Å². The van der Waals surface area contributed by atoms with Gasteiger partial charge in [-0.2, -0.15) is 0 Å². The average Bonchev–Trinajstić information content (AvgIpc) is 2.87. The van der Waals surface area contributed by atoms with Gasteiger partial charge in [-0.1, -0.05) is 13.3 Å². The molecule has 3 heteroatoms. The first-order chi connectivity index (χ1) is 9.22. The summed E-state index contributed by atoms with van der Waals surface area (Å²) in [6.45, 7) is 4.87. The van der Waals surface area contributed by atoms with Crippen LogP contribution in [0.15, 0.2) is 24.3 Å². The lowest BCUT2D eigenvalue weighted by atomic mass is 10.1. The van der Waals surface area contributed by atoms with Gasteiger partial charge in [-0.3, -0.25) is 4.79 Å². The van der Waals surface area contributed by atoms with Crippen LogP contribution in [0, 0.1) is 5.92 Å². The molecular formula is C16H24N2O. The van der Waals surface area contributed by atoms with Crippen LogP contribution in [0.5, 0.6) is 0 Å². The van der Waals surface area contributed by atoms with Crippen LogP contribution in [0.1, 0.15) is 49.9 Å². The Morgan fingerprint density at radius 1 is 1.21 bits per heavy atom. The van der Waals surface area contributed by atoms with Crippen LogP contribution in [0.25, 0.3) is 0 Å². The minimum Gasteiger partial charge on any atom is -0.382 e. The van der Waals surface area contributed by atoms with E-state index < -0.39 is 0 Å². The molecule has 1 fully saturated rings. The molecule has 0 saturated heterocycles. The number of hydrogen-bond donors (Lipinski definition) is 2. The first-order valence-corrected chi connectivity index (χ1v) is 7.37. The van der Waals surface area contributed by atoms with Gasteiger partial charge in [0.05, 0.1) is 0 Å². The Kier molecular flexibility index (Phi) is 4.83. The molecule has 1 aliphatic carbocycles. The SMILES string of the molecule is CCNC(=O)c1ccc(NC2CCC(CC)C2)cc1. The quantitative estimate of drug-likeness (QED) is 0.851. The van der Waals surface area contributed by atoms with Crippen LogP contribution in [-0.2, 0) is 0 Å². The number of carbonyl (C=O) groups is 1. The molecule has 2 rings (SSSR count). The van der Waals surface area contributed by atoms with E-state index in [1.54, 1.807) is 0 Å². The highest BCUT2D eigenvalue weighted by atomic mass is 16.1. The molecule has 0 aromatic heterocycles. The summed E-state index contributed by atoms with van der Waals surface area (Å²) >= 11 is 0. The third kappa shape index (κ3) is 3.72. The Hall–Kier alpha value is -1.51. The minimum atomic E-state index is 0.000892. The average molecular weight is 260 g/mol. The van der Waals surface area contributed by atoms with Crippen LogP contribution in [0.4, 0.5) is 5.69 Å².